The van der Waals surface area contributed by atoms with Gasteiger partial charge in [0.25, 0.3) is 0 Å². The molecule has 0 unspecified atom stereocenters. The van der Waals surface area contributed by atoms with Crippen molar-refractivity contribution in [3.05, 3.63) is 29.8 Å². The van der Waals surface area contributed by atoms with Crippen molar-refractivity contribution < 1.29 is 22.8 Å². The Morgan fingerprint density at radius 3 is 2.52 bits per heavy atom. The van der Waals surface area contributed by atoms with Gasteiger partial charge in [0, 0.05) is 32.7 Å². The second kappa shape index (κ2) is 11.0. The number of carbonyl (C=O) groups excluding carboxylic acids is 2. The molecule has 1 N–H and O–H groups in total. The Balaban J connectivity index is 1.44. The first kappa shape index (κ1) is 25.0. The highest BCUT2D eigenvalue weighted by Gasteiger charge is 2.33. The summed E-state index contributed by atoms with van der Waals surface area (Å²) < 4.78 is 41.0. The molecule has 2 amide bonds. The average Bonchev–Trinajstić information content (AvgIpc) is 3.18. The van der Waals surface area contributed by atoms with Crippen LogP contribution in [0.15, 0.2) is 29.4 Å². The number of halogens is 3. The fraction of sp³-hybridized carbons (Fsp3) is 0.550. The number of amides is 2. The molecule has 0 aliphatic carbocycles. The summed E-state index contributed by atoms with van der Waals surface area (Å²) in [5, 5.41) is 14.5. The lowest BCUT2D eigenvalue weighted by Crippen LogP contribution is -2.51. The molecule has 0 spiro atoms. The summed E-state index contributed by atoms with van der Waals surface area (Å²) in [6, 6.07) is 4.87. The zero-order valence-electron chi connectivity index (χ0n) is 18.4. The van der Waals surface area contributed by atoms with Gasteiger partial charge < -0.3 is 10.2 Å². The number of para-hydroxylation sites is 1. The van der Waals surface area contributed by atoms with Crippen molar-refractivity contribution in [3.8, 4) is 0 Å². The Hall–Kier alpha value is -2.67. The molecule has 0 atom stereocenters. The molecule has 1 fully saturated rings. The van der Waals surface area contributed by atoms with E-state index < -0.39 is 17.6 Å². The molecule has 0 bridgehead atoms. The number of hydrogen-bond donors (Lipinski definition) is 1. The molecule has 1 aliphatic heterocycles. The Kier molecular flexibility index (Phi) is 8.30. The van der Waals surface area contributed by atoms with Crippen molar-refractivity contribution in [3.63, 3.8) is 0 Å². The smallest absolute Gasteiger partial charge is 0.339 e. The Morgan fingerprint density at radius 1 is 1.15 bits per heavy atom. The second-order valence-corrected chi connectivity index (χ2v) is 9.02. The number of alkyl halides is 3. The third kappa shape index (κ3) is 7.16. The van der Waals surface area contributed by atoms with Crippen molar-refractivity contribution in [2.45, 2.75) is 31.7 Å². The van der Waals surface area contributed by atoms with E-state index >= 15 is 0 Å². The van der Waals surface area contributed by atoms with Gasteiger partial charge in [-0.05, 0) is 28.5 Å². The molecule has 0 saturated carbocycles. The summed E-state index contributed by atoms with van der Waals surface area (Å²) in [7, 11) is 0. The van der Waals surface area contributed by atoms with Crippen molar-refractivity contribution in [1.82, 2.24) is 30.0 Å². The van der Waals surface area contributed by atoms with Crippen LogP contribution in [0.3, 0.4) is 0 Å². The molecule has 180 valence electrons. The van der Waals surface area contributed by atoms with Gasteiger partial charge in [-0.25, -0.2) is 4.68 Å². The summed E-state index contributed by atoms with van der Waals surface area (Å²) in [6.07, 6.45) is -4.55. The van der Waals surface area contributed by atoms with Gasteiger partial charge in [0.1, 0.15) is 0 Å². The normalized spacial score (nSPS) is 15.2. The number of carbonyl (C=O) groups is 2. The van der Waals surface area contributed by atoms with Gasteiger partial charge in [-0.3, -0.25) is 14.5 Å². The average molecular weight is 486 g/mol. The van der Waals surface area contributed by atoms with Gasteiger partial charge in [0.2, 0.25) is 17.0 Å². The molecule has 13 heteroatoms. The zero-order valence-corrected chi connectivity index (χ0v) is 19.2. The first-order chi connectivity index (χ1) is 15.6. The van der Waals surface area contributed by atoms with Crippen LogP contribution in [0.25, 0.3) is 0 Å². The van der Waals surface area contributed by atoms with E-state index in [1.165, 1.54) is 30.0 Å². The van der Waals surface area contributed by atoms with Gasteiger partial charge in [-0.1, -0.05) is 37.7 Å². The molecule has 1 aliphatic rings. The summed E-state index contributed by atoms with van der Waals surface area (Å²) in [4.78, 5) is 28.4. The SMILES string of the molecule is CC(C)Cn1nnnc1SCC(=O)N1CCN(CC(=O)Nc2ccccc2C(F)(F)F)CC1. The maximum absolute atomic E-state index is 13.1. The number of anilines is 1. The van der Waals surface area contributed by atoms with Crippen LogP contribution in [0.4, 0.5) is 18.9 Å². The van der Waals surface area contributed by atoms with Gasteiger partial charge in [-0.15, -0.1) is 5.10 Å². The molecular formula is C20H26F3N7O2S. The molecule has 1 saturated heterocycles. The van der Waals surface area contributed by atoms with Crippen LogP contribution in [0, 0.1) is 5.92 Å². The van der Waals surface area contributed by atoms with E-state index in [0.29, 0.717) is 43.8 Å². The fourth-order valence-corrected chi connectivity index (χ4v) is 4.15. The minimum absolute atomic E-state index is 0.0487. The molecule has 1 aromatic heterocycles. The van der Waals surface area contributed by atoms with E-state index in [-0.39, 0.29) is 23.9 Å². The first-order valence-electron chi connectivity index (χ1n) is 10.5. The number of piperazine rings is 1. The highest BCUT2D eigenvalue weighted by atomic mass is 32.2. The number of benzene rings is 1. The summed E-state index contributed by atoms with van der Waals surface area (Å²) in [5.74, 6) is -0.00945. The van der Waals surface area contributed by atoms with Crippen LogP contribution in [-0.4, -0.2) is 80.3 Å². The van der Waals surface area contributed by atoms with Crippen molar-refractivity contribution in [1.29, 1.82) is 0 Å². The summed E-state index contributed by atoms with van der Waals surface area (Å²) in [5.41, 5.74) is -1.15. The number of rotatable bonds is 8. The van der Waals surface area contributed by atoms with Crippen LogP contribution >= 0.6 is 11.8 Å². The maximum atomic E-state index is 13.1. The molecule has 2 heterocycles. The highest BCUT2D eigenvalue weighted by Crippen LogP contribution is 2.34. The topological polar surface area (TPSA) is 96.2 Å². The largest absolute Gasteiger partial charge is 0.418 e. The standard InChI is InChI=1S/C20H26F3N7O2S/c1-14(2)11-30-19(25-26-27-30)33-13-18(32)29-9-7-28(8-10-29)12-17(31)24-16-6-4-3-5-15(16)20(21,22)23/h3-6,14H,7-13H2,1-2H3,(H,24,31). The van der Waals surface area contributed by atoms with E-state index in [1.807, 2.05) is 4.90 Å². The quantitative estimate of drug-likeness (QED) is 0.573. The Morgan fingerprint density at radius 2 is 1.85 bits per heavy atom. The monoisotopic (exact) mass is 485 g/mol. The minimum atomic E-state index is -4.55. The molecule has 2 aromatic rings. The molecule has 33 heavy (non-hydrogen) atoms. The van der Waals surface area contributed by atoms with Gasteiger partial charge >= 0.3 is 6.18 Å². The van der Waals surface area contributed by atoms with E-state index in [9.17, 15) is 22.8 Å². The Labute approximate surface area is 193 Å². The lowest BCUT2D eigenvalue weighted by Gasteiger charge is -2.34. The third-order valence-electron chi connectivity index (χ3n) is 4.96. The molecular weight excluding hydrogens is 459 g/mol. The van der Waals surface area contributed by atoms with Crippen molar-refractivity contribution in [2.75, 3.05) is 43.8 Å². The lowest BCUT2D eigenvalue weighted by atomic mass is 10.1. The lowest BCUT2D eigenvalue weighted by molar-refractivity contribution is -0.137. The van der Waals surface area contributed by atoms with Crippen LogP contribution in [0.5, 0.6) is 0 Å². The number of nitrogens with zero attached hydrogens (tertiary/aromatic N) is 6. The van der Waals surface area contributed by atoms with Gasteiger partial charge in [0.05, 0.1) is 23.5 Å². The van der Waals surface area contributed by atoms with E-state index in [2.05, 4.69) is 34.7 Å². The summed E-state index contributed by atoms with van der Waals surface area (Å²) >= 11 is 1.28. The number of thioether (sulfide) groups is 1. The van der Waals surface area contributed by atoms with Crippen LogP contribution in [0.1, 0.15) is 19.4 Å². The molecule has 9 nitrogen and oxygen atoms in total. The van der Waals surface area contributed by atoms with E-state index in [4.69, 9.17) is 0 Å². The van der Waals surface area contributed by atoms with E-state index in [1.54, 1.807) is 9.58 Å². The minimum Gasteiger partial charge on any atom is -0.339 e. The molecule has 0 radical (unpaired) electrons. The van der Waals surface area contributed by atoms with Gasteiger partial charge in [0.15, 0.2) is 0 Å². The number of aromatic nitrogens is 4. The Bertz CT molecular complexity index is 959. The van der Waals surface area contributed by atoms with Crippen LogP contribution in [0.2, 0.25) is 0 Å². The van der Waals surface area contributed by atoms with Crippen LogP contribution in [-0.2, 0) is 22.3 Å². The highest BCUT2D eigenvalue weighted by molar-refractivity contribution is 7.99. The second-order valence-electron chi connectivity index (χ2n) is 8.07. The maximum Gasteiger partial charge on any atom is 0.418 e. The summed E-state index contributed by atoms with van der Waals surface area (Å²) in [6.45, 7) is 6.49. The fourth-order valence-electron chi connectivity index (χ4n) is 3.37. The van der Waals surface area contributed by atoms with Crippen molar-refractivity contribution in [2.24, 2.45) is 5.92 Å². The third-order valence-corrected chi connectivity index (χ3v) is 5.90. The van der Waals surface area contributed by atoms with Crippen molar-refractivity contribution >= 4 is 29.3 Å². The first-order valence-corrected chi connectivity index (χ1v) is 11.5. The van der Waals surface area contributed by atoms with Gasteiger partial charge in [-0.2, -0.15) is 13.2 Å². The number of hydrogen-bond acceptors (Lipinski definition) is 7. The predicted molar refractivity (Wildman–Crippen MR) is 116 cm³/mol. The zero-order chi connectivity index (χ0) is 24.0. The molecule has 1 aromatic carbocycles. The number of tetrazole rings is 1. The van der Waals surface area contributed by atoms with Crippen LogP contribution < -0.4 is 5.32 Å². The predicted octanol–water partition coefficient (Wildman–Crippen LogP) is 2.22. The molecule has 3 rings (SSSR count). The van der Waals surface area contributed by atoms with E-state index in [0.717, 1.165) is 6.07 Å². The number of nitrogens with one attached hydrogen (secondary N) is 1.